The van der Waals surface area contributed by atoms with E-state index in [-0.39, 0.29) is 23.8 Å². The fourth-order valence-corrected chi connectivity index (χ4v) is 3.57. The highest BCUT2D eigenvalue weighted by molar-refractivity contribution is 6.30. The summed E-state index contributed by atoms with van der Waals surface area (Å²) in [4.78, 5) is 26.8. The molecule has 3 rings (SSSR count). The van der Waals surface area contributed by atoms with Crippen LogP contribution in [0.25, 0.3) is 0 Å². The lowest BCUT2D eigenvalue weighted by molar-refractivity contribution is -0.121. The molecule has 1 atom stereocenters. The molecule has 3 amide bonds. The average Bonchev–Trinajstić information content (AvgIpc) is 2.71. The van der Waals surface area contributed by atoms with Gasteiger partial charge in [0.2, 0.25) is 5.91 Å². The Hall–Kier alpha value is -2.53. The number of likely N-dealkylation sites (tertiary alicyclic amines) is 1. The molecule has 0 unspecified atom stereocenters. The Bertz CT molecular complexity index is 813. The Labute approximate surface area is 171 Å². The highest BCUT2D eigenvalue weighted by Crippen LogP contribution is 2.27. The van der Waals surface area contributed by atoms with Crippen molar-refractivity contribution < 1.29 is 9.59 Å². The summed E-state index contributed by atoms with van der Waals surface area (Å²) in [5, 5.41) is 6.53. The van der Waals surface area contributed by atoms with Crippen LogP contribution < -0.4 is 10.6 Å². The Kier molecular flexibility index (Phi) is 6.57. The summed E-state index contributed by atoms with van der Waals surface area (Å²) in [5.41, 5.74) is 2.70. The van der Waals surface area contributed by atoms with Gasteiger partial charge in [0.05, 0.1) is 0 Å². The van der Waals surface area contributed by atoms with E-state index in [0.29, 0.717) is 18.1 Å². The van der Waals surface area contributed by atoms with Gasteiger partial charge in [-0.2, -0.15) is 0 Å². The quantitative estimate of drug-likeness (QED) is 0.745. The molecule has 28 heavy (non-hydrogen) atoms. The fourth-order valence-electron chi connectivity index (χ4n) is 3.45. The fraction of sp³-hybridized carbons (Fsp3) is 0.364. The van der Waals surface area contributed by atoms with E-state index >= 15 is 0 Å². The molecule has 0 radical (unpaired) electrons. The normalized spacial score (nSPS) is 15.8. The molecule has 2 N–H and O–H groups in total. The molecule has 2 aromatic rings. The number of halogens is 1. The van der Waals surface area contributed by atoms with Gasteiger partial charge >= 0.3 is 6.03 Å². The van der Waals surface area contributed by atoms with Crippen LogP contribution in [-0.2, 0) is 4.79 Å². The van der Waals surface area contributed by atoms with Crippen LogP contribution in [-0.4, -0.2) is 29.9 Å². The smallest absolute Gasteiger partial charge is 0.321 e. The lowest BCUT2D eigenvalue weighted by Gasteiger charge is -2.34. The van der Waals surface area contributed by atoms with Gasteiger partial charge in [0.25, 0.3) is 0 Å². The Morgan fingerprint density at radius 1 is 0.964 bits per heavy atom. The van der Waals surface area contributed by atoms with Crippen LogP contribution in [0.4, 0.5) is 16.2 Å². The Balaban J connectivity index is 1.48. The van der Waals surface area contributed by atoms with E-state index in [1.807, 2.05) is 43.0 Å². The van der Waals surface area contributed by atoms with Gasteiger partial charge in [-0.05, 0) is 62.1 Å². The third-order valence-electron chi connectivity index (χ3n) is 5.36. The number of aryl methyl sites for hydroxylation is 1. The van der Waals surface area contributed by atoms with Crippen molar-refractivity contribution in [2.45, 2.75) is 26.7 Å². The molecule has 1 fully saturated rings. The molecule has 0 aromatic heterocycles. The molecular formula is C22H26ClN3O2. The maximum atomic E-state index is 12.5. The monoisotopic (exact) mass is 399 g/mol. The summed E-state index contributed by atoms with van der Waals surface area (Å²) >= 11 is 5.88. The molecule has 0 aliphatic carbocycles. The van der Waals surface area contributed by atoms with Crippen molar-refractivity contribution in [1.82, 2.24) is 4.90 Å². The number of urea groups is 1. The van der Waals surface area contributed by atoms with E-state index in [2.05, 4.69) is 10.6 Å². The third kappa shape index (κ3) is 5.26. The average molecular weight is 400 g/mol. The number of hydrogen-bond donors (Lipinski definition) is 2. The summed E-state index contributed by atoms with van der Waals surface area (Å²) in [6.07, 6.45) is 1.63. The lowest BCUT2D eigenvalue weighted by Crippen LogP contribution is -2.43. The zero-order valence-corrected chi connectivity index (χ0v) is 17.0. The van der Waals surface area contributed by atoms with E-state index in [9.17, 15) is 9.59 Å². The maximum absolute atomic E-state index is 12.5. The van der Waals surface area contributed by atoms with Crippen molar-refractivity contribution in [2.75, 3.05) is 23.7 Å². The summed E-state index contributed by atoms with van der Waals surface area (Å²) in [7, 11) is 0. The predicted octanol–water partition coefficient (Wildman–Crippen LogP) is 5.17. The van der Waals surface area contributed by atoms with Crippen molar-refractivity contribution in [3.05, 3.63) is 59.1 Å². The van der Waals surface area contributed by atoms with Crippen LogP contribution in [0.3, 0.4) is 0 Å². The van der Waals surface area contributed by atoms with E-state index in [1.54, 1.807) is 24.3 Å². The van der Waals surface area contributed by atoms with Crippen LogP contribution in [0, 0.1) is 18.8 Å². The number of amides is 3. The topological polar surface area (TPSA) is 61.4 Å². The van der Waals surface area contributed by atoms with Crippen LogP contribution in [0.1, 0.15) is 25.3 Å². The molecule has 0 spiro atoms. The number of piperidine rings is 1. The largest absolute Gasteiger partial charge is 0.326 e. The van der Waals surface area contributed by atoms with E-state index in [4.69, 9.17) is 11.6 Å². The van der Waals surface area contributed by atoms with Gasteiger partial charge < -0.3 is 15.5 Å². The molecule has 1 saturated heterocycles. The number of rotatable bonds is 4. The summed E-state index contributed by atoms with van der Waals surface area (Å²) in [6, 6.07) is 14.8. The number of nitrogens with zero attached hydrogens (tertiary/aromatic N) is 1. The van der Waals surface area contributed by atoms with Gasteiger partial charge in [-0.1, -0.05) is 36.2 Å². The number of carbonyl (C=O) groups excluding carboxylic acids is 2. The zero-order chi connectivity index (χ0) is 20.1. The van der Waals surface area contributed by atoms with Gasteiger partial charge in [-0.15, -0.1) is 0 Å². The van der Waals surface area contributed by atoms with Crippen molar-refractivity contribution in [3.8, 4) is 0 Å². The molecule has 1 aliphatic rings. The highest BCUT2D eigenvalue weighted by Gasteiger charge is 2.29. The molecular weight excluding hydrogens is 374 g/mol. The van der Waals surface area contributed by atoms with Gasteiger partial charge in [0.1, 0.15) is 0 Å². The first-order valence-electron chi connectivity index (χ1n) is 9.61. The van der Waals surface area contributed by atoms with Crippen molar-refractivity contribution in [2.24, 2.45) is 11.8 Å². The number of benzene rings is 2. The first-order chi connectivity index (χ1) is 13.4. The molecule has 1 heterocycles. The van der Waals surface area contributed by atoms with Gasteiger partial charge in [0.15, 0.2) is 0 Å². The maximum Gasteiger partial charge on any atom is 0.321 e. The predicted molar refractivity (Wildman–Crippen MR) is 114 cm³/mol. The molecule has 1 aliphatic heterocycles. The number of nitrogens with one attached hydrogen (secondary N) is 2. The molecule has 0 saturated carbocycles. The van der Waals surface area contributed by atoms with E-state index < -0.39 is 0 Å². The third-order valence-corrected chi connectivity index (χ3v) is 5.61. The van der Waals surface area contributed by atoms with Crippen LogP contribution >= 0.6 is 11.6 Å². The van der Waals surface area contributed by atoms with Crippen molar-refractivity contribution in [1.29, 1.82) is 0 Å². The van der Waals surface area contributed by atoms with Crippen LogP contribution in [0.5, 0.6) is 0 Å². The minimum absolute atomic E-state index is 0.00452. The SMILES string of the molecule is Cc1ccc(NC(=O)N2CCC([C@H](C)C(=O)Nc3ccc(Cl)cc3)CC2)cc1. The minimum atomic E-state index is -0.113. The highest BCUT2D eigenvalue weighted by atomic mass is 35.5. The summed E-state index contributed by atoms with van der Waals surface area (Å²) in [5.74, 6) is 0.151. The minimum Gasteiger partial charge on any atom is -0.326 e. The van der Waals surface area contributed by atoms with E-state index in [1.165, 1.54) is 0 Å². The lowest BCUT2D eigenvalue weighted by atomic mass is 9.85. The van der Waals surface area contributed by atoms with Crippen LogP contribution in [0.2, 0.25) is 5.02 Å². The van der Waals surface area contributed by atoms with Gasteiger partial charge in [-0.25, -0.2) is 4.79 Å². The standard InChI is InChI=1S/C22H26ClN3O2/c1-15-3-7-20(8-4-15)25-22(28)26-13-11-17(12-14-26)16(2)21(27)24-19-9-5-18(23)6-10-19/h3-10,16-17H,11-14H2,1-2H3,(H,24,27)(H,25,28)/t16-/m0/s1. The first kappa shape index (κ1) is 20.2. The van der Waals surface area contributed by atoms with Crippen LogP contribution in [0.15, 0.2) is 48.5 Å². The number of hydrogen-bond acceptors (Lipinski definition) is 2. The number of carbonyl (C=O) groups is 2. The first-order valence-corrected chi connectivity index (χ1v) is 9.99. The van der Waals surface area contributed by atoms with Gasteiger partial charge in [-0.3, -0.25) is 4.79 Å². The molecule has 6 heteroatoms. The second-order valence-electron chi connectivity index (χ2n) is 7.41. The number of anilines is 2. The van der Waals surface area contributed by atoms with Crippen molar-refractivity contribution >= 4 is 34.9 Å². The molecule has 148 valence electrons. The molecule has 0 bridgehead atoms. The second-order valence-corrected chi connectivity index (χ2v) is 7.84. The molecule has 5 nitrogen and oxygen atoms in total. The molecule has 2 aromatic carbocycles. The van der Waals surface area contributed by atoms with Gasteiger partial charge in [0, 0.05) is 35.4 Å². The summed E-state index contributed by atoms with van der Waals surface area (Å²) < 4.78 is 0. The zero-order valence-electron chi connectivity index (χ0n) is 16.2. The second kappa shape index (κ2) is 9.11. The van der Waals surface area contributed by atoms with Crippen molar-refractivity contribution in [3.63, 3.8) is 0 Å². The summed E-state index contributed by atoms with van der Waals surface area (Å²) in [6.45, 7) is 5.28. The Morgan fingerprint density at radius 3 is 2.11 bits per heavy atom. The van der Waals surface area contributed by atoms with E-state index in [0.717, 1.165) is 29.8 Å². The Morgan fingerprint density at radius 2 is 1.50 bits per heavy atom.